The van der Waals surface area contributed by atoms with Crippen molar-refractivity contribution >= 4 is 39.8 Å². The number of carbonyl (C=O) groups excluding carboxylic acids is 1. The number of hydrogen-bond acceptors (Lipinski definition) is 8. The summed E-state index contributed by atoms with van der Waals surface area (Å²) in [6.45, 7) is 3.64. The number of aryl methyl sites for hydroxylation is 1. The first-order valence-electron chi connectivity index (χ1n) is 12.9. The van der Waals surface area contributed by atoms with E-state index in [1.54, 1.807) is 24.5 Å². The van der Waals surface area contributed by atoms with E-state index in [0.717, 1.165) is 71.7 Å². The van der Waals surface area contributed by atoms with Crippen molar-refractivity contribution < 1.29 is 9.18 Å². The van der Waals surface area contributed by atoms with Crippen molar-refractivity contribution in [3.63, 3.8) is 0 Å². The Morgan fingerprint density at radius 1 is 1.15 bits per heavy atom. The molecule has 1 saturated heterocycles. The summed E-state index contributed by atoms with van der Waals surface area (Å²) in [7, 11) is 1.97. The molecule has 10 nitrogen and oxygen atoms in total. The molecule has 0 aliphatic carbocycles. The van der Waals surface area contributed by atoms with E-state index in [9.17, 15) is 9.18 Å². The fourth-order valence-electron chi connectivity index (χ4n) is 4.84. The van der Waals surface area contributed by atoms with Gasteiger partial charge in [-0.1, -0.05) is 6.92 Å². The average molecular weight is 546 g/mol. The molecule has 4 aromatic heterocycles. The minimum atomic E-state index is -0.269. The second kappa shape index (κ2) is 10.4. The van der Waals surface area contributed by atoms with Gasteiger partial charge in [-0.2, -0.15) is 4.52 Å². The number of amides is 1. The Bertz CT molecular complexity index is 1590. The fourth-order valence-corrected chi connectivity index (χ4v) is 5.64. The third-order valence-electron chi connectivity index (χ3n) is 6.97. The molecule has 1 fully saturated rings. The van der Waals surface area contributed by atoms with Crippen LogP contribution in [0.4, 0.5) is 26.0 Å². The summed E-state index contributed by atoms with van der Waals surface area (Å²) in [6, 6.07) is 10.3. The lowest BCUT2D eigenvalue weighted by molar-refractivity contribution is 0.236. The Balaban J connectivity index is 1.22. The maximum Gasteiger partial charge on any atom is 0.327 e. The zero-order chi connectivity index (χ0) is 26.9. The van der Waals surface area contributed by atoms with Gasteiger partial charge in [-0.15, -0.1) is 16.4 Å². The van der Waals surface area contributed by atoms with Gasteiger partial charge in [-0.3, -0.25) is 4.57 Å². The van der Waals surface area contributed by atoms with Gasteiger partial charge < -0.3 is 15.1 Å². The highest BCUT2D eigenvalue weighted by molar-refractivity contribution is 7.14. The molecule has 0 spiro atoms. The number of anilines is 3. The van der Waals surface area contributed by atoms with E-state index in [4.69, 9.17) is 15.1 Å². The van der Waals surface area contributed by atoms with Crippen molar-refractivity contribution in [1.29, 1.82) is 0 Å². The number of imidazole rings is 2. The van der Waals surface area contributed by atoms with Gasteiger partial charge in [0.1, 0.15) is 18.0 Å². The van der Waals surface area contributed by atoms with Crippen LogP contribution in [0.5, 0.6) is 0 Å². The van der Waals surface area contributed by atoms with Crippen LogP contribution >= 0.6 is 11.3 Å². The second-order valence-corrected chi connectivity index (χ2v) is 10.3. The molecule has 1 aliphatic heterocycles. The highest BCUT2D eigenvalue weighted by Crippen LogP contribution is 2.34. The average Bonchev–Trinajstić information content (AvgIpc) is 3.73. The summed E-state index contributed by atoms with van der Waals surface area (Å²) in [5, 5.41) is 10.8. The van der Waals surface area contributed by atoms with Crippen molar-refractivity contribution in [2.75, 3.05) is 29.9 Å². The van der Waals surface area contributed by atoms with Crippen LogP contribution in [0.2, 0.25) is 0 Å². The van der Waals surface area contributed by atoms with Gasteiger partial charge in [0.05, 0.1) is 11.4 Å². The highest BCUT2D eigenvalue weighted by atomic mass is 32.1. The molecule has 5 aromatic rings. The quantitative estimate of drug-likeness (QED) is 0.329. The molecular weight excluding hydrogens is 517 g/mol. The molecule has 1 aliphatic rings. The van der Waals surface area contributed by atoms with Crippen molar-refractivity contribution in [2.24, 2.45) is 0 Å². The minimum absolute atomic E-state index is 0.0988. The molecule has 39 heavy (non-hydrogen) atoms. The van der Waals surface area contributed by atoms with Gasteiger partial charge in [0.15, 0.2) is 16.6 Å². The summed E-state index contributed by atoms with van der Waals surface area (Å²) >= 11 is 1.52. The van der Waals surface area contributed by atoms with E-state index in [0.29, 0.717) is 0 Å². The van der Waals surface area contributed by atoms with Gasteiger partial charge in [-0.05, 0) is 55.7 Å². The number of halogens is 1. The number of nitrogens with one attached hydrogen (secondary N) is 1. The van der Waals surface area contributed by atoms with Crippen LogP contribution in [-0.4, -0.2) is 61.3 Å². The van der Waals surface area contributed by atoms with E-state index >= 15 is 0 Å². The molecule has 1 aromatic carbocycles. The third kappa shape index (κ3) is 4.94. The number of hydrogen-bond donors (Lipinski definition) is 1. The molecule has 0 bridgehead atoms. The molecular formula is C27H28FN9OS. The molecule has 200 valence electrons. The van der Waals surface area contributed by atoms with Gasteiger partial charge in [0, 0.05) is 49.5 Å². The molecule has 5 heterocycles. The van der Waals surface area contributed by atoms with Gasteiger partial charge in [0.25, 0.3) is 0 Å². The van der Waals surface area contributed by atoms with E-state index in [2.05, 4.69) is 22.1 Å². The molecule has 1 amide bonds. The Hall–Kier alpha value is -4.32. The number of rotatable bonds is 6. The molecule has 1 N–H and O–H groups in total. The van der Waals surface area contributed by atoms with Crippen LogP contribution in [0.1, 0.15) is 25.5 Å². The van der Waals surface area contributed by atoms with Crippen molar-refractivity contribution in [3.05, 3.63) is 72.0 Å². The monoisotopic (exact) mass is 545 g/mol. The number of aromatic nitrogens is 6. The second-order valence-electron chi connectivity index (χ2n) is 9.46. The Morgan fingerprint density at radius 3 is 2.67 bits per heavy atom. The van der Waals surface area contributed by atoms with Crippen LogP contribution < -0.4 is 15.1 Å². The van der Waals surface area contributed by atoms with Gasteiger partial charge in [0.2, 0.25) is 0 Å². The first kappa shape index (κ1) is 25.0. The molecule has 6 rings (SSSR count). The topological polar surface area (TPSA) is 96.5 Å². The minimum Gasteiger partial charge on any atom is -0.355 e. The number of nitrogens with zero attached hydrogens (tertiary/aromatic N) is 8. The van der Waals surface area contributed by atoms with Crippen molar-refractivity contribution in [2.45, 2.75) is 32.2 Å². The molecule has 0 atom stereocenters. The van der Waals surface area contributed by atoms with Crippen LogP contribution in [-0.2, 0) is 6.42 Å². The van der Waals surface area contributed by atoms with Gasteiger partial charge in [-0.25, -0.2) is 24.1 Å². The zero-order valence-electron chi connectivity index (χ0n) is 21.7. The summed E-state index contributed by atoms with van der Waals surface area (Å²) in [6.07, 6.45) is 7.13. The van der Waals surface area contributed by atoms with Gasteiger partial charge >= 0.3 is 6.03 Å². The first-order chi connectivity index (χ1) is 19.0. The van der Waals surface area contributed by atoms with Crippen LogP contribution in [0.25, 0.3) is 16.9 Å². The Kier molecular flexibility index (Phi) is 6.69. The van der Waals surface area contributed by atoms with Crippen LogP contribution in [0.15, 0.2) is 60.5 Å². The summed E-state index contributed by atoms with van der Waals surface area (Å²) in [5.74, 6) is 1.47. The lowest BCUT2D eigenvalue weighted by Gasteiger charge is -2.33. The summed E-state index contributed by atoms with van der Waals surface area (Å²) in [4.78, 5) is 30.2. The smallest absolute Gasteiger partial charge is 0.327 e. The molecule has 0 unspecified atom stereocenters. The predicted octanol–water partition coefficient (Wildman–Crippen LogP) is 4.75. The largest absolute Gasteiger partial charge is 0.355 e. The van der Waals surface area contributed by atoms with E-state index in [1.807, 2.05) is 34.0 Å². The number of piperidine rings is 1. The molecule has 0 radical (unpaired) electrons. The predicted molar refractivity (Wildman–Crippen MR) is 149 cm³/mol. The standard InChI is InChI=1S/C27H28FN9OS/c1-3-21-25(34(2)27-32-22(16-39-27)18-4-6-19(28)7-5-18)37-23(31-21)8-9-24(33-37)35-13-10-20(11-14-35)30-26(38)36-15-12-29-17-36/h4-9,12,15-17,20H,3,10-11,13-14H2,1-2H3,(H,30,38). The van der Waals surface area contributed by atoms with E-state index < -0.39 is 0 Å². The number of benzene rings is 1. The van der Waals surface area contributed by atoms with Crippen LogP contribution in [0.3, 0.4) is 0 Å². The normalized spacial score (nSPS) is 14.2. The maximum absolute atomic E-state index is 13.4. The maximum atomic E-state index is 13.4. The number of carbonyl (C=O) groups is 1. The third-order valence-corrected chi connectivity index (χ3v) is 7.88. The Labute approximate surface area is 228 Å². The molecule has 0 saturated carbocycles. The van der Waals surface area contributed by atoms with Crippen molar-refractivity contribution in [1.82, 2.24) is 34.4 Å². The summed E-state index contributed by atoms with van der Waals surface area (Å²) in [5.41, 5.74) is 3.37. The number of thiazole rings is 1. The lowest BCUT2D eigenvalue weighted by Crippen LogP contribution is -2.46. The van der Waals surface area contributed by atoms with E-state index in [-0.39, 0.29) is 17.9 Å². The number of fused-ring (bicyclic) bond motifs is 1. The zero-order valence-corrected chi connectivity index (χ0v) is 22.5. The Morgan fingerprint density at radius 2 is 1.95 bits per heavy atom. The van der Waals surface area contributed by atoms with Crippen LogP contribution in [0, 0.1) is 5.82 Å². The highest BCUT2D eigenvalue weighted by Gasteiger charge is 2.24. The summed E-state index contributed by atoms with van der Waals surface area (Å²) < 4.78 is 16.7. The molecule has 12 heteroatoms. The lowest BCUT2D eigenvalue weighted by atomic mass is 10.1. The van der Waals surface area contributed by atoms with Crippen molar-refractivity contribution in [3.8, 4) is 11.3 Å². The fraction of sp³-hybridized carbons (Fsp3) is 0.296. The first-order valence-corrected chi connectivity index (χ1v) is 13.8. The SMILES string of the molecule is CCc1nc2ccc(N3CCC(NC(=O)n4ccnc4)CC3)nn2c1N(C)c1nc(-c2ccc(F)cc2)cs1. The van der Waals surface area contributed by atoms with E-state index in [1.165, 1.54) is 34.4 Å².